The second-order valence-corrected chi connectivity index (χ2v) is 4.54. The molecular weight excluding hydrogens is 360 g/mol. The maximum Gasteiger partial charge on any atom is 1.00 e. The fourth-order valence-corrected chi connectivity index (χ4v) is 0.965. The summed E-state index contributed by atoms with van der Waals surface area (Å²) in [6.07, 6.45) is 2.58. The van der Waals surface area contributed by atoms with Gasteiger partial charge in [-0.2, -0.15) is 0 Å². The fraction of sp³-hybridized carbons (Fsp3) is 0.0909. The van der Waals surface area contributed by atoms with Crippen molar-refractivity contribution < 1.29 is 128 Å². The number of hydrogen-bond acceptors (Lipinski definition) is 7. The monoisotopic (exact) mass is 370 g/mol. The van der Waals surface area contributed by atoms with E-state index in [1.54, 1.807) is 19.2 Å². The molecule has 110 valence electrons. The van der Waals surface area contributed by atoms with Crippen LogP contribution in [0.5, 0.6) is 5.75 Å². The first kappa shape index (κ1) is 31.6. The summed E-state index contributed by atoms with van der Waals surface area (Å²) in [4.78, 5) is 37.5. The van der Waals surface area contributed by atoms with E-state index in [2.05, 4.69) is 0 Å². The Morgan fingerprint density at radius 1 is 1.17 bits per heavy atom. The molecule has 0 unspecified atom stereocenters. The zero-order valence-electron chi connectivity index (χ0n) is 13.2. The van der Waals surface area contributed by atoms with E-state index < -0.39 is 19.3 Å². The first-order valence-electron chi connectivity index (χ1n) is 4.96. The Hall–Kier alpha value is 0.850. The van der Waals surface area contributed by atoms with Gasteiger partial charge in [0.1, 0.15) is 5.75 Å². The number of carbonyl (C=O) groups is 2. The molecule has 1 rings (SSSR count). The number of carboxylic acids is 1. The van der Waals surface area contributed by atoms with Crippen molar-refractivity contribution in [2.75, 3.05) is 7.11 Å². The Bertz CT molecular complexity index is 558. The van der Waals surface area contributed by atoms with Crippen molar-refractivity contribution in [3.05, 3.63) is 35.9 Å². The largest absolute Gasteiger partial charge is 1.00 e. The van der Waals surface area contributed by atoms with Crippen molar-refractivity contribution in [1.29, 1.82) is 0 Å². The summed E-state index contributed by atoms with van der Waals surface area (Å²) in [6, 6.07) is 7.22. The Morgan fingerprint density at radius 2 is 1.61 bits per heavy atom. The quantitative estimate of drug-likeness (QED) is 0.312. The third-order valence-electron chi connectivity index (χ3n) is 1.77. The number of carboxylic acid groups (broad SMARTS) is 2. The third-order valence-corrected chi connectivity index (χ3v) is 2.22. The van der Waals surface area contributed by atoms with Crippen LogP contribution in [0.1, 0.15) is 5.56 Å². The molecule has 0 aliphatic heterocycles. The molecule has 0 aliphatic carbocycles. The molecule has 1 aromatic carbocycles. The minimum Gasteiger partial charge on any atom is -0.807 e. The van der Waals surface area contributed by atoms with E-state index in [4.69, 9.17) is 34.1 Å². The van der Waals surface area contributed by atoms with Gasteiger partial charge in [-0.05, 0) is 19.7 Å². The molecule has 8 nitrogen and oxygen atoms in total. The number of carbonyl (C=O) groups excluding carboxylic acids is 1. The van der Waals surface area contributed by atoms with Crippen LogP contribution >= 0.6 is 7.60 Å². The van der Waals surface area contributed by atoms with Crippen molar-refractivity contribution in [3.8, 4) is 5.75 Å². The normalized spacial score (nSPS) is 9.17. The summed E-state index contributed by atoms with van der Waals surface area (Å²) in [6.45, 7) is 0. The standard InChI is InChI=1S/C10H10O3.CH3O5P.3Na/c1-13-9-5-3-2-4-8(9)6-7-10(11)12;2-1(3)7(4,5)6;;;/h2-7H,1H3,(H,11,12);(H,2,3)(H2,4,5,6);;;/q;;3*+1/p-3. The van der Waals surface area contributed by atoms with Crippen LogP contribution in [0, 0.1) is 0 Å². The number of ether oxygens (including phenoxy) is 1. The van der Waals surface area contributed by atoms with Crippen LogP contribution in [0.4, 0.5) is 4.79 Å². The molecule has 0 fully saturated rings. The molecule has 23 heavy (non-hydrogen) atoms. The van der Waals surface area contributed by atoms with Gasteiger partial charge in [-0.15, -0.1) is 0 Å². The van der Waals surface area contributed by atoms with Crippen molar-refractivity contribution in [2.45, 2.75) is 0 Å². The molecule has 0 heterocycles. The number of benzene rings is 1. The van der Waals surface area contributed by atoms with Gasteiger partial charge in [0.15, 0.2) is 0 Å². The molecule has 0 amide bonds. The summed E-state index contributed by atoms with van der Waals surface area (Å²) in [5.41, 5.74) is -1.81. The van der Waals surface area contributed by atoms with Gasteiger partial charge in [-0.3, -0.25) is 0 Å². The molecular formula is C11H10Na3O8P. The van der Waals surface area contributed by atoms with E-state index in [1.807, 2.05) is 12.1 Å². The molecule has 0 radical (unpaired) electrons. The van der Waals surface area contributed by atoms with Crippen LogP contribution in [0.3, 0.4) is 0 Å². The molecule has 0 bridgehead atoms. The summed E-state index contributed by atoms with van der Waals surface area (Å²) in [7, 11) is -3.88. The Morgan fingerprint density at radius 3 is 1.96 bits per heavy atom. The molecule has 0 aromatic heterocycles. The number of hydrogen-bond donors (Lipinski definition) is 1. The van der Waals surface area contributed by atoms with Crippen molar-refractivity contribution in [1.82, 2.24) is 0 Å². The van der Waals surface area contributed by atoms with E-state index in [9.17, 15) is 4.79 Å². The number of methoxy groups -OCH3 is 1. The predicted octanol–water partition coefficient (Wildman–Crippen LogP) is -9.95. The Balaban J connectivity index is -0.000000159. The maximum absolute atomic E-state index is 10.2. The maximum atomic E-state index is 10.2. The molecule has 12 heteroatoms. The van der Waals surface area contributed by atoms with Gasteiger partial charge < -0.3 is 34.1 Å². The molecule has 1 aromatic rings. The number of para-hydroxylation sites is 1. The minimum absolute atomic E-state index is 0. The minimum atomic E-state index is -5.43. The van der Waals surface area contributed by atoms with Crippen molar-refractivity contribution in [2.24, 2.45) is 0 Å². The van der Waals surface area contributed by atoms with Crippen LogP contribution < -0.4 is 108 Å². The first-order valence-corrected chi connectivity index (χ1v) is 6.50. The average Bonchev–Trinajstić information content (AvgIpc) is 2.36. The van der Waals surface area contributed by atoms with Crippen LogP contribution in [-0.2, 0) is 9.36 Å². The van der Waals surface area contributed by atoms with Gasteiger partial charge in [0, 0.05) is 11.6 Å². The van der Waals surface area contributed by atoms with Gasteiger partial charge in [-0.25, -0.2) is 4.79 Å². The number of aliphatic carboxylic acids is 1. The number of rotatable bonds is 4. The predicted molar refractivity (Wildman–Crippen MR) is 62.7 cm³/mol. The SMILES string of the molecule is COc1ccccc1C=CC(=O)O.O=C([O-])P(=O)([O-])[O-].[Na+].[Na+].[Na+]. The summed E-state index contributed by atoms with van der Waals surface area (Å²) < 4.78 is 14.2. The Labute approximate surface area is 199 Å². The molecule has 0 aliphatic rings. The van der Waals surface area contributed by atoms with Gasteiger partial charge in [0.2, 0.25) is 0 Å². The van der Waals surface area contributed by atoms with Gasteiger partial charge >= 0.3 is 94.6 Å². The van der Waals surface area contributed by atoms with E-state index in [-0.39, 0.29) is 88.7 Å². The summed E-state index contributed by atoms with van der Waals surface area (Å²) >= 11 is 0. The molecule has 0 atom stereocenters. The van der Waals surface area contributed by atoms with Crippen LogP contribution in [0.25, 0.3) is 6.08 Å². The van der Waals surface area contributed by atoms with E-state index in [0.29, 0.717) is 5.75 Å². The van der Waals surface area contributed by atoms with E-state index in [1.165, 1.54) is 6.08 Å². The molecule has 0 saturated heterocycles. The van der Waals surface area contributed by atoms with Gasteiger partial charge in [0.25, 0.3) is 0 Å². The second-order valence-electron chi connectivity index (χ2n) is 3.18. The van der Waals surface area contributed by atoms with Crippen LogP contribution in [-0.4, -0.2) is 23.9 Å². The smallest absolute Gasteiger partial charge is 0.807 e. The van der Waals surface area contributed by atoms with Gasteiger partial charge in [0.05, 0.1) is 12.8 Å². The van der Waals surface area contributed by atoms with Crippen molar-refractivity contribution in [3.63, 3.8) is 0 Å². The molecule has 0 spiro atoms. The zero-order chi connectivity index (χ0) is 15.8. The average molecular weight is 370 g/mol. The van der Waals surface area contributed by atoms with E-state index in [0.717, 1.165) is 11.6 Å². The van der Waals surface area contributed by atoms with Crippen LogP contribution in [0.2, 0.25) is 0 Å². The fourth-order valence-electron chi connectivity index (χ4n) is 0.965. The zero-order valence-corrected chi connectivity index (χ0v) is 20.1. The summed E-state index contributed by atoms with van der Waals surface area (Å²) in [5.74, 6) is -0.300. The first-order chi connectivity index (χ1) is 9.18. The Kier molecular flexibility index (Phi) is 22.4. The van der Waals surface area contributed by atoms with Crippen molar-refractivity contribution >= 4 is 25.4 Å². The summed E-state index contributed by atoms with van der Waals surface area (Å²) in [5, 5.41) is 17.4. The molecule has 0 saturated carbocycles. The van der Waals surface area contributed by atoms with Gasteiger partial charge in [-0.1, -0.05) is 18.2 Å². The molecule has 1 N–H and O–H groups in total. The van der Waals surface area contributed by atoms with Crippen LogP contribution in [0.15, 0.2) is 30.3 Å². The topological polar surface area (TPSA) is 150 Å². The third kappa shape index (κ3) is 16.1. The van der Waals surface area contributed by atoms with E-state index >= 15 is 0 Å². The second kappa shape index (κ2) is 16.3.